The molecule has 0 aliphatic carbocycles. The molecule has 19 heavy (non-hydrogen) atoms. The van der Waals surface area contributed by atoms with E-state index in [1.54, 1.807) is 0 Å². The number of thiophene rings is 1. The highest BCUT2D eigenvalue weighted by Crippen LogP contribution is 2.33. The average Bonchev–Trinajstić information content (AvgIpc) is 2.83. The lowest BCUT2D eigenvalue weighted by atomic mass is 9.94. The Balaban J connectivity index is 2.02. The van der Waals surface area contributed by atoms with Gasteiger partial charge in [0.15, 0.2) is 0 Å². The summed E-state index contributed by atoms with van der Waals surface area (Å²) >= 11 is 4.94. The van der Waals surface area contributed by atoms with Gasteiger partial charge in [-0.25, -0.2) is 0 Å². The van der Waals surface area contributed by atoms with Crippen molar-refractivity contribution in [3.8, 4) is 0 Å². The molecule has 1 atom stereocenters. The summed E-state index contributed by atoms with van der Waals surface area (Å²) in [6.07, 6.45) is 1.05. The third-order valence-corrected chi connectivity index (χ3v) is 5.23. The number of halogens is 1. The molecule has 1 aliphatic rings. The predicted octanol–water partition coefficient (Wildman–Crippen LogP) is 4.35. The maximum atomic E-state index is 12.7. The van der Waals surface area contributed by atoms with Gasteiger partial charge in [0.25, 0.3) is 5.91 Å². The van der Waals surface area contributed by atoms with E-state index in [1.165, 1.54) is 16.9 Å². The van der Waals surface area contributed by atoms with Crippen LogP contribution in [-0.4, -0.2) is 12.5 Å². The van der Waals surface area contributed by atoms with Gasteiger partial charge < -0.3 is 4.90 Å². The maximum Gasteiger partial charge on any atom is 0.269 e. The van der Waals surface area contributed by atoms with Gasteiger partial charge in [-0.1, -0.05) is 25.1 Å². The van der Waals surface area contributed by atoms with Gasteiger partial charge in [-0.05, 0) is 51.3 Å². The normalized spacial score (nSPS) is 18.2. The SMILES string of the molecule is CC1Cc2ccccc2N(C(=O)c2sccc2Br)C1. The molecule has 0 fully saturated rings. The quantitative estimate of drug-likeness (QED) is 0.758. The lowest BCUT2D eigenvalue weighted by molar-refractivity contribution is 0.0984. The molecule has 1 aliphatic heterocycles. The fourth-order valence-corrected chi connectivity index (χ4v) is 4.05. The van der Waals surface area contributed by atoms with Crippen LogP contribution in [0.4, 0.5) is 5.69 Å². The molecule has 1 unspecified atom stereocenters. The Bertz CT molecular complexity index is 622. The van der Waals surface area contributed by atoms with Crippen molar-refractivity contribution in [2.24, 2.45) is 5.92 Å². The van der Waals surface area contributed by atoms with Crippen LogP contribution < -0.4 is 4.90 Å². The molecular formula is C15H14BrNOS. The second kappa shape index (κ2) is 5.10. The molecule has 1 aromatic heterocycles. The van der Waals surface area contributed by atoms with Crippen molar-refractivity contribution in [2.45, 2.75) is 13.3 Å². The van der Waals surface area contributed by atoms with E-state index in [9.17, 15) is 4.79 Å². The van der Waals surface area contributed by atoms with Gasteiger partial charge in [0, 0.05) is 16.7 Å². The summed E-state index contributed by atoms with van der Waals surface area (Å²) in [4.78, 5) is 15.4. The minimum atomic E-state index is 0.0980. The number of amides is 1. The number of fused-ring (bicyclic) bond motifs is 1. The molecular weight excluding hydrogens is 322 g/mol. The predicted molar refractivity (Wildman–Crippen MR) is 83.0 cm³/mol. The van der Waals surface area contributed by atoms with Crippen LogP contribution in [0.5, 0.6) is 0 Å². The molecule has 2 nitrogen and oxygen atoms in total. The van der Waals surface area contributed by atoms with E-state index in [0.29, 0.717) is 5.92 Å². The summed E-state index contributed by atoms with van der Waals surface area (Å²) < 4.78 is 0.887. The molecule has 4 heteroatoms. The van der Waals surface area contributed by atoms with Crippen LogP contribution in [0.1, 0.15) is 22.2 Å². The van der Waals surface area contributed by atoms with Crippen LogP contribution in [0.25, 0.3) is 0 Å². The third kappa shape index (κ3) is 2.35. The Kier molecular flexibility index (Phi) is 3.46. The molecule has 0 bridgehead atoms. The van der Waals surface area contributed by atoms with Crippen LogP contribution in [0.15, 0.2) is 40.2 Å². The Morgan fingerprint density at radius 2 is 2.16 bits per heavy atom. The number of hydrogen-bond acceptors (Lipinski definition) is 2. The number of carbonyl (C=O) groups excluding carboxylic acids is 1. The molecule has 2 heterocycles. The molecule has 0 saturated carbocycles. The summed E-state index contributed by atoms with van der Waals surface area (Å²) in [6.45, 7) is 2.99. The Labute approximate surface area is 125 Å². The molecule has 0 N–H and O–H groups in total. The first-order chi connectivity index (χ1) is 9.16. The van der Waals surface area contributed by atoms with Crippen molar-refractivity contribution in [1.82, 2.24) is 0 Å². The topological polar surface area (TPSA) is 20.3 Å². The van der Waals surface area contributed by atoms with Crippen LogP contribution in [0.2, 0.25) is 0 Å². The van der Waals surface area contributed by atoms with E-state index in [2.05, 4.69) is 28.9 Å². The number of anilines is 1. The lowest BCUT2D eigenvalue weighted by Crippen LogP contribution is -2.38. The second-order valence-corrected chi connectivity index (χ2v) is 6.72. The average molecular weight is 336 g/mol. The minimum absolute atomic E-state index is 0.0980. The molecule has 1 amide bonds. The van der Waals surface area contributed by atoms with Gasteiger partial charge in [0.1, 0.15) is 4.88 Å². The van der Waals surface area contributed by atoms with Gasteiger partial charge in [0.2, 0.25) is 0 Å². The zero-order valence-electron chi connectivity index (χ0n) is 10.6. The monoisotopic (exact) mass is 335 g/mol. The van der Waals surface area contributed by atoms with Crippen molar-refractivity contribution < 1.29 is 4.79 Å². The molecule has 0 radical (unpaired) electrons. The summed E-state index contributed by atoms with van der Waals surface area (Å²) in [5, 5.41) is 1.94. The number of hydrogen-bond donors (Lipinski definition) is 0. The fourth-order valence-electron chi connectivity index (χ4n) is 2.56. The third-order valence-electron chi connectivity index (χ3n) is 3.40. The lowest BCUT2D eigenvalue weighted by Gasteiger charge is -2.33. The van der Waals surface area contributed by atoms with Gasteiger partial charge in [-0.15, -0.1) is 11.3 Å². The van der Waals surface area contributed by atoms with E-state index in [4.69, 9.17) is 0 Å². The molecule has 0 spiro atoms. The number of carbonyl (C=O) groups is 1. The molecule has 2 aromatic rings. The van der Waals surface area contributed by atoms with Crippen LogP contribution in [-0.2, 0) is 6.42 Å². The van der Waals surface area contributed by atoms with Crippen molar-refractivity contribution in [1.29, 1.82) is 0 Å². The summed E-state index contributed by atoms with van der Waals surface area (Å²) in [7, 11) is 0. The molecule has 98 valence electrons. The first kappa shape index (κ1) is 12.9. The molecule has 1 aromatic carbocycles. The zero-order chi connectivity index (χ0) is 13.4. The van der Waals surface area contributed by atoms with Crippen molar-refractivity contribution in [3.63, 3.8) is 0 Å². The van der Waals surface area contributed by atoms with Gasteiger partial charge in [0.05, 0.1) is 0 Å². The van der Waals surface area contributed by atoms with E-state index in [-0.39, 0.29) is 5.91 Å². The van der Waals surface area contributed by atoms with E-state index >= 15 is 0 Å². The number of para-hydroxylation sites is 1. The fraction of sp³-hybridized carbons (Fsp3) is 0.267. The van der Waals surface area contributed by atoms with E-state index in [1.807, 2.05) is 34.5 Å². The smallest absolute Gasteiger partial charge is 0.269 e. The van der Waals surface area contributed by atoms with Gasteiger partial charge in [-0.2, -0.15) is 0 Å². The highest BCUT2D eigenvalue weighted by Gasteiger charge is 2.28. The van der Waals surface area contributed by atoms with Crippen LogP contribution in [0, 0.1) is 5.92 Å². The Morgan fingerprint density at radius 3 is 2.89 bits per heavy atom. The van der Waals surface area contributed by atoms with Crippen molar-refractivity contribution in [2.75, 3.05) is 11.4 Å². The van der Waals surface area contributed by atoms with E-state index < -0.39 is 0 Å². The highest BCUT2D eigenvalue weighted by molar-refractivity contribution is 9.10. The standard InChI is InChI=1S/C15H14BrNOS/c1-10-8-11-4-2-3-5-13(11)17(9-10)15(18)14-12(16)6-7-19-14/h2-7,10H,8-9H2,1H3. The van der Waals surface area contributed by atoms with Gasteiger partial charge in [-0.3, -0.25) is 4.79 Å². The summed E-state index contributed by atoms with van der Waals surface area (Å²) in [6, 6.07) is 10.1. The zero-order valence-corrected chi connectivity index (χ0v) is 13.0. The minimum Gasteiger partial charge on any atom is -0.307 e. The molecule has 3 rings (SSSR count). The van der Waals surface area contributed by atoms with E-state index in [0.717, 1.165) is 28.0 Å². The first-order valence-corrected chi connectivity index (χ1v) is 7.97. The first-order valence-electron chi connectivity index (χ1n) is 6.29. The number of benzene rings is 1. The largest absolute Gasteiger partial charge is 0.307 e. The van der Waals surface area contributed by atoms with Gasteiger partial charge >= 0.3 is 0 Å². The van der Waals surface area contributed by atoms with Crippen LogP contribution >= 0.6 is 27.3 Å². The van der Waals surface area contributed by atoms with Crippen molar-refractivity contribution >= 4 is 38.9 Å². The summed E-state index contributed by atoms with van der Waals surface area (Å²) in [5.41, 5.74) is 2.33. The molecule has 0 saturated heterocycles. The Hall–Kier alpha value is -1.13. The highest BCUT2D eigenvalue weighted by atomic mass is 79.9. The van der Waals surface area contributed by atoms with Crippen molar-refractivity contribution in [3.05, 3.63) is 50.6 Å². The Morgan fingerprint density at radius 1 is 1.37 bits per heavy atom. The summed E-state index contributed by atoms with van der Waals surface area (Å²) in [5.74, 6) is 0.596. The number of nitrogens with zero attached hydrogens (tertiary/aromatic N) is 1. The second-order valence-electron chi connectivity index (χ2n) is 4.95. The van der Waals surface area contributed by atoms with Crippen LogP contribution in [0.3, 0.4) is 0 Å². The maximum absolute atomic E-state index is 12.7. The number of rotatable bonds is 1.